The summed E-state index contributed by atoms with van der Waals surface area (Å²) in [4.78, 5) is 21.9. The van der Waals surface area contributed by atoms with Crippen molar-refractivity contribution in [1.82, 2.24) is 19.7 Å². The van der Waals surface area contributed by atoms with E-state index in [9.17, 15) is 4.79 Å². The predicted molar refractivity (Wildman–Crippen MR) is 121 cm³/mol. The van der Waals surface area contributed by atoms with Crippen LogP contribution < -0.4 is 5.32 Å². The van der Waals surface area contributed by atoms with Crippen LogP contribution in [0.25, 0.3) is 17.2 Å². The summed E-state index contributed by atoms with van der Waals surface area (Å²) in [5.41, 5.74) is 5.39. The number of hydrogen-bond donors (Lipinski definition) is 1. The predicted octanol–water partition coefficient (Wildman–Crippen LogP) is 5.07. The number of benzene rings is 2. The molecule has 4 aromatic rings. The third-order valence-corrected chi connectivity index (χ3v) is 5.65. The van der Waals surface area contributed by atoms with E-state index in [0.29, 0.717) is 23.2 Å². The Balaban J connectivity index is 1.79. The molecule has 1 aliphatic rings. The first-order valence-electron chi connectivity index (χ1n) is 10.1. The van der Waals surface area contributed by atoms with Crippen molar-refractivity contribution in [1.29, 1.82) is 0 Å². The van der Waals surface area contributed by atoms with Gasteiger partial charge in [0.15, 0.2) is 0 Å². The molecule has 1 N–H and O–H groups in total. The number of amides is 1. The zero-order chi connectivity index (χ0) is 21.5. The van der Waals surface area contributed by atoms with Crippen molar-refractivity contribution in [3.8, 4) is 17.2 Å². The summed E-state index contributed by atoms with van der Waals surface area (Å²) in [5, 5.41) is 8.57. The molecule has 1 amide bonds. The van der Waals surface area contributed by atoms with Crippen LogP contribution >= 0.6 is 11.6 Å². The van der Waals surface area contributed by atoms with Crippen LogP contribution in [-0.4, -0.2) is 25.7 Å². The molecule has 1 unspecified atom stereocenters. The van der Waals surface area contributed by atoms with Crippen molar-refractivity contribution in [3.05, 3.63) is 88.2 Å². The summed E-state index contributed by atoms with van der Waals surface area (Å²) in [6.45, 7) is 3.83. The maximum Gasteiger partial charge on any atom is 0.252 e. The fourth-order valence-corrected chi connectivity index (χ4v) is 4.21. The van der Waals surface area contributed by atoms with E-state index in [2.05, 4.69) is 15.3 Å². The molecule has 2 aromatic carbocycles. The van der Waals surface area contributed by atoms with E-state index >= 15 is 0 Å². The molecule has 0 spiro atoms. The summed E-state index contributed by atoms with van der Waals surface area (Å²) >= 11 is 6.12. The van der Waals surface area contributed by atoms with Crippen LogP contribution in [0, 0.1) is 13.8 Å². The number of hydrogen-bond acceptors (Lipinski definition) is 4. The molecular formula is C24H20ClN5O. The second-order valence-corrected chi connectivity index (χ2v) is 8.13. The van der Waals surface area contributed by atoms with Crippen LogP contribution in [0.3, 0.4) is 0 Å². The Labute approximate surface area is 184 Å². The molecule has 3 heterocycles. The summed E-state index contributed by atoms with van der Waals surface area (Å²) in [6, 6.07) is 19.5. The molecule has 154 valence electrons. The Hall–Kier alpha value is -3.51. The van der Waals surface area contributed by atoms with Crippen molar-refractivity contribution in [2.24, 2.45) is 0 Å². The van der Waals surface area contributed by atoms with E-state index in [1.54, 1.807) is 4.68 Å². The SMILES string of the molecule is Cc1cc(C)nc(-n2nc(-c3ccc(Cl)cc3)c3c2NC(=O)CC3c2ccccc2)n1. The number of anilines is 1. The molecule has 0 radical (unpaired) electrons. The van der Waals surface area contributed by atoms with Gasteiger partial charge in [-0.25, -0.2) is 9.97 Å². The third-order valence-electron chi connectivity index (χ3n) is 5.40. The van der Waals surface area contributed by atoms with E-state index in [0.717, 1.165) is 33.8 Å². The highest BCUT2D eigenvalue weighted by Crippen LogP contribution is 2.43. The molecule has 1 atom stereocenters. The van der Waals surface area contributed by atoms with E-state index in [1.807, 2.05) is 74.5 Å². The van der Waals surface area contributed by atoms with Crippen molar-refractivity contribution in [2.45, 2.75) is 26.2 Å². The number of halogens is 1. The fourth-order valence-electron chi connectivity index (χ4n) is 4.09. The Bertz CT molecular complexity index is 1260. The zero-order valence-corrected chi connectivity index (χ0v) is 17.9. The van der Waals surface area contributed by atoms with Gasteiger partial charge in [0.1, 0.15) is 5.82 Å². The Morgan fingerprint density at radius 3 is 2.35 bits per heavy atom. The monoisotopic (exact) mass is 429 g/mol. The van der Waals surface area contributed by atoms with Gasteiger partial charge in [-0.15, -0.1) is 0 Å². The van der Waals surface area contributed by atoms with Gasteiger partial charge in [0.25, 0.3) is 5.95 Å². The van der Waals surface area contributed by atoms with Crippen LogP contribution in [0.4, 0.5) is 5.82 Å². The molecular weight excluding hydrogens is 410 g/mol. The smallest absolute Gasteiger partial charge is 0.252 e. The standard InChI is InChI=1S/C24H20ClN5O/c1-14-12-15(2)27-24(26-14)30-23-21(22(29-30)17-8-10-18(25)11-9-17)19(13-20(31)28-23)16-6-4-3-5-7-16/h3-12,19H,13H2,1-2H3,(H,28,31). The van der Waals surface area contributed by atoms with Crippen LogP contribution in [0.1, 0.15) is 34.9 Å². The highest BCUT2D eigenvalue weighted by molar-refractivity contribution is 6.30. The number of aromatic nitrogens is 4. The molecule has 0 fully saturated rings. The van der Waals surface area contributed by atoms with Crippen LogP contribution in [-0.2, 0) is 4.79 Å². The second kappa shape index (κ2) is 7.63. The lowest BCUT2D eigenvalue weighted by Crippen LogP contribution is -2.25. The molecule has 31 heavy (non-hydrogen) atoms. The van der Waals surface area contributed by atoms with Gasteiger partial charge in [0.2, 0.25) is 5.91 Å². The maximum atomic E-state index is 12.7. The third kappa shape index (κ3) is 3.59. The number of aryl methyl sites for hydroxylation is 2. The Morgan fingerprint density at radius 2 is 1.68 bits per heavy atom. The molecule has 0 saturated carbocycles. The quantitative estimate of drug-likeness (QED) is 0.493. The largest absolute Gasteiger partial charge is 0.310 e. The highest BCUT2D eigenvalue weighted by atomic mass is 35.5. The minimum Gasteiger partial charge on any atom is -0.310 e. The second-order valence-electron chi connectivity index (χ2n) is 7.70. The number of carbonyl (C=O) groups excluding carboxylic acids is 1. The molecule has 0 saturated heterocycles. The number of nitrogens with one attached hydrogen (secondary N) is 1. The van der Waals surface area contributed by atoms with Crippen LogP contribution in [0.15, 0.2) is 60.7 Å². The molecule has 1 aliphatic heterocycles. The van der Waals surface area contributed by atoms with Gasteiger partial charge in [-0.1, -0.05) is 54.1 Å². The summed E-state index contributed by atoms with van der Waals surface area (Å²) in [7, 11) is 0. The first kappa shape index (κ1) is 19.5. The minimum atomic E-state index is -0.129. The maximum absolute atomic E-state index is 12.7. The lowest BCUT2D eigenvalue weighted by atomic mass is 9.84. The summed E-state index contributed by atoms with van der Waals surface area (Å²) in [5.74, 6) is 0.854. The molecule has 0 bridgehead atoms. The minimum absolute atomic E-state index is 0.0606. The lowest BCUT2D eigenvalue weighted by molar-refractivity contribution is -0.116. The number of carbonyl (C=O) groups is 1. The van der Waals surface area contributed by atoms with Gasteiger partial charge in [-0.3, -0.25) is 4.79 Å². The average molecular weight is 430 g/mol. The van der Waals surface area contributed by atoms with Gasteiger partial charge < -0.3 is 5.32 Å². The van der Waals surface area contributed by atoms with Crippen molar-refractivity contribution >= 4 is 23.3 Å². The van der Waals surface area contributed by atoms with Gasteiger partial charge in [-0.2, -0.15) is 9.78 Å². The fraction of sp³-hybridized carbons (Fsp3) is 0.167. The van der Waals surface area contributed by atoms with E-state index in [-0.39, 0.29) is 11.8 Å². The van der Waals surface area contributed by atoms with Gasteiger partial charge in [-0.05, 0) is 37.6 Å². The van der Waals surface area contributed by atoms with E-state index in [4.69, 9.17) is 16.7 Å². The van der Waals surface area contributed by atoms with Gasteiger partial charge in [0, 0.05) is 39.9 Å². The Kier molecular flexibility index (Phi) is 4.79. The van der Waals surface area contributed by atoms with Crippen molar-refractivity contribution in [3.63, 3.8) is 0 Å². The van der Waals surface area contributed by atoms with E-state index < -0.39 is 0 Å². The Morgan fingerprint density at radius 1 is 1.00 bits per heavy atom. The zero-order valence-electron chi connectivity index (χ0n) is 17.1. The van der Waals surface area contributed by atoms with Crippen molar-refractivity contribution in [2.75, 3.05) is 5.32 Å². The number of rotatable bonds is 3. The average Bonchev–Trinajstić information content (AvgIpc) is 3.13. The highest BCUT2D eigenvalue weighted by Gasteiger charge is 2.34. The van der Waals surface area contributed by atoms with Gasteiger partial charge in [0.05, 0.1) is 5.69 Å². The number of nitrogens with zero attached hydrogens (tertiary/aromatic N) is 4. The summed E-state index contributed by atoms with van der Waals surface area (Å²) < 4.78 is 1.65. The first-order valence-corrected chi connectivity index (χ1v) is 10.4. The summed E-state index contributed by atoms with van der Waals surface area (Å²) in [6.07, 6.45) is 0.344. The molecule has 0 aliphatic carbocycles. The van der Waals surface area contributed by atoms with E-state index in [1.165, 1.54) is 0 Å². The molecule has 6 nitrogen and oxygen atoms in total. The van der Waals surface area contributed by atoms with Gasteiger partial charge >= 0.3 is 0 Å². The van der Waals surface area contributed by atoms with Crippen LogP contribution in [0.5, 0.6) is 0 Å². The topological polar surface area (TPSA) is 72.7 Å². The van der Waals surface area contributed by atoms with Crippen LogP contribution in [0.2, 0.25) is 5.02 Å². The first-order chi connectivity index (χ1) is 15.0. The molecule has 2 aromatic heterocycles. The molecule has 5 rings (SSSR count). The number of fused-ring (bicyclic) bond motifs is 1. The van der Waals surface area contributed by atoms with Crippen molar-refractivity contribution < 1.29 is 4.79 Å². The normalized spacial score (nSPS) is 15.5. The molecule has 7 heteroatoms. The lowest BCUT2D eigenvalue weighted by Gasteiger charge is -2.24.